The van der Waals surface area contributed by atoms with Gasteiger partial charge in [-0.15, -0.1) is 0 Å². The van der Waals surface area contributed by atoms with Crippen molar-refractivity contribution in [3.8, 4) is 5.75 Å². The van der Waals surface area contributed by atoms with Crippen molar-refractivity contribution in [2.24, 2.45) is 5.73 Å². The third kappa shape index (κ3) is 4.35. The van der Waals surface area contributed by atoms with Crippen molar-refractivity contribution < 1.29 is 4.74 Å². The van der Waals surface area contributed by atoms with E-state index in [1.54, 1.807) is 0 Å². The average Bonchev–Trinajstić information content (AvgIpc) is 2.15. The molecule has 2 nitrogen and oxygen atoms in total. The number of hydrogen-bond donors (Lipinski definition) is 1. The SMILES string of the molecule is C=C(CN)COc1c(I)cc(I)cc1I. The van der Waals surface area contributed by atoms with Gasteiger partial charge in [-0.25, -0.2) is 0 Å². The molecule has 0 spiro atoms. The van der Waals surface area contributed by atoms with E-state index in [0.29, 0.717) is 13.2 Å². The van der Waals surface area contributed by atoms with Crippen molar-refractivity contribution >= 4 is 67.8 Å². The predicted molar refractivity (Wildman–Crippen MR) is 88.3 cm³/mol. The molecule has 1 rings (SSSR count). The number of nitrogens with two attached hydrogens (primary N) is 1. The summed E-state index contributed by atoms with van der Waals surface area (Å²) in [5.41, 5.74) is 6.35. The second-order valence-corrected chi connectivity index (χ2v) is 6.51. The fourth-order valence-corrected chi connectivity index (χ4v) is 4.79. The molecule has 0 saturated heterocycles. The van der Waals surface area contributed by atoms with Crippen LogP contribution in [0.15, 0.2) is 24.3 Å². The van der Waals surface area contributed by atoms with Crippen LogP contribution in [0.3, 0.4) is 0 Å². The van der Waals surface area contributed by atoms with Crippen molar-refractivity contribution in [1.82, 2.24) is 0 Å². The van der Waals surface area contributed by atoms with E-state index in [0.717, 1.165) is 18.5 Å². The first-order valence-electron chi connectivity index (χ1n) is 4.18. The number of halogens is 3. The standard InChI is InChI=1S/C10H10I3NO/c1-6(4-14)5-15-10-8(12)2-7(11)3-9(10)13/h2-3H,1,4-5,14H2. The minimum Gasteiger partial charge on any atom is -0.487 e. The molecule has 0 aliphatic carbocycles. The van der Waals surface area contributed by atoms with Gasteiger partial charge in [0.05, 0.1) is 7.14 Å². The zero-order valence-electron chi connectivity index (χ0n) is 7.90. The molecule has 0 bridgehead atoms. The highest BCUT2D eigenvalue weighted by Gasteiger charge is 2.08. The third-order valence-corrected chi connectivity index (χ3v) is 3.90. The van der Waals surface area contributed by atoms with Crippen molar-refractivity contribution in [2.75, 3.05) is 13.2 Å². The van der Waals surface area contributed by atoms with Gasteiger partial charge in [-0.2, -0.15) is 0 Å². The first-order chi connectivity index (χ1) is 7.04. The molecule has 5 heteroatoms. The van der Waals surface area contributed by atoms with Crippen molar-refractivity contribution in [2.45, 2.75) is 0 Å². The molecule has 0 fully saturated rings. The minimum absolute atomic E-state index is 0.470. The third-order valence-electron chi connectivity index (χ3n) is 1.67. The van der Waals surface area contributed by atoms with Crippen LogP contribution >= 0.6 is 67.8 Å². The molecule has 1 aromatic rings. The number of ether oxygens (including phenoxy) is 1. The van der Waals surface area contributed by atoms with Gasteiger partial charge in [-0.05, 0) is 85.5 Å². The monoisotopic (exact) mass is 541 g/mol. The predicted octanol–water partition coefficient (Wildman–Crippen LogP) is 3.39. The van der Waals surface area contributed by atoms with Gasteiger partial charge in [0.2, 0.25) is 0 Å². The van der Waals surface area contributed by atoms with Crippen LogP contribution in [0.5, 0.6) is 5.75 Å². The maximum absolute atomic E-state index is 5.68. The molecule has 82 valence electrons. The summed E-state index contributed by atoms with van der Waals surface area (Å²) in [5, 5.41) is 0. The first kappa shape index (κ1) is 14.0. The fourth-order valence-electron chi connectivity index (χ4n) is 0.900. The summed E-state index contributed by atoms with van der Waals surface area (Å²) < 4.78 is 9.13. The van der Waals surface area contributed by atoms with E-state index < -0.39 is 0 Å². The topological polar surface area (TPSA) is 35.2 Å². The second-order valence-electron chi connectivity index (χ2n) is 2.94. The van der Waals surface area contributed by atoms with Gasteiger partial charge in [0.25, 0.3) is 0 Å². The normalized spacial score (nSPS) is 10.1. The Labute approximate surface area is 130 Å². The van der Waals surface area contributed by atoms with Crippen LogP contribution in [0.1, 0.15) is 0 Å². The molecule has 0 aliphatic heterocycles. The van der Waals surface area contributed by atoms with Crippen LogP contribution in [-0.4, -0.2) is 13.2 Å². The van der Waals surface area contributed by atoms with E-state index in [4.69, 9.17) is 10.5 Å². The van der Waals surface area contributed by atoms with E-state index >= 15 is 0 Å². The summed E-state index contributed by atoms with van der Waals surface area (Å²) in [6.07, 6.45) is 0. The highest BCUT2D eigenvalue weighted by atomic mass is 127. The summed E-state index contributed by atoms with van der Waals surface area (Å²) in [4.78, 5) is 0. The molecule has 1 aromatic carbocycles. The van der Waals surface area contributed by atoms with Gasteiger partial charge in [0.15, 0.2) is 0 Å². The highest BCUT2D eigenvalue weighted by Crippen LogP contribution is 2.29. The molecular formula is C10H10I3NO. The maximum atomic E-state index is 5.68. The van der Waals surface area contributed by atoms with Gasteiger partial charge in [-0.3, -0.25) is 0 Å². The smallest absolute Gasteiger partial charge is 0.146 e. The first-order valence-corrected chi connectivity index (χ1v) is 7.42. The van der Waals surface area contributed by atoms with Crippen molar-refractivity contribution in [3.05, 3.63) is 35.0 Å². The summed E-state index contributed by atoms with van der Waals surface area (Å²) in [5.74, 6) is 0.922. The minimum atomic E-state index is 0.470. The second kappa shape index (κ2) is 6.60. The Morgan fingerprint density at radius 1 is 1.27 bits per heavy atom. The van der Waals surface area contributed by atoms with Crippen LogP contribution in [0, 0.1) is 10.7 Å². The lowest BCUT2D eigenvalue weighted by Gasteiger charge is -2.11. The lowest BCUT2D eigenvalue weighted by molar-refractivity contribution is 0.346. The molecule has 0 aliphatic rings. The van der Waals surface area contributed by atoms with Gasteiger partial charge < -0.3 is 10.5 Å². The zero-order valence-corrected chi connectivity index (χ0v) is 14.4. The molecule has 0 aromatic heterocycles. The van der Waals surface area contributed by atoms with E-state index in [1.165, 1.54) is 3.57 Å². The van der Waals surface area contributed by atoms with E-state index in [2.05, 4.69) is 86.5 Å². The zero-order chi connectivity index (χ0) is 11.4. The molecule has 0 unspecified atom stereocenters. The molecule has 0 radical (unpaired) electrons. The Balaban J connectivity index is 2.81. The molecule has 0 amide bonds. The van der Waals surface area contributed by atoms with Gasteiger partial charge >= 0.3 is 0 Å². The van der Waals surface area contributed by atoms with Crippen LogP contribution in [0.25, 0.3) is 0 Å². The van der Waals surface area contributed by atoms with Crippen LogP contribution < -0.4 is 10.5 Å². The molecule has 2 N–H and O–H groups in total. The average molecular weight is 541 g/mol. The molecule has 0 saturated carbocycles. The molecule has 0 atom stereocenters. The summed E-state index contributed by atoms with van der Waals surface area (Å²) in [7, 11) is 0. The Hall–Kier alpha value is 0.910. The number of rotatable bonds is 4. The number of benzene rings is 1. The lowest BCUT2D eigenvalue weighted by Crippen LogP contribution is -2.11. The highest BCUT2D eigenvalue weighted by molar-refractivity contribution is 14.1. The van der Waals surface area contributed by atoms with Crippen LogP contribution in [0.4, 0.5) is 0 Å². The molecule has 15 heavy (non-hydrogen) atoms. The van der Waals surface area contributed by atoms with Crippen LogP contribution in [-0.2, 0) is 0 Å². The largest absolute Gasteiger partial charge is 0.487 e. The van der Waals surface area contributed by atoms with Gasteiger partial charge in [0.1, 0.15) is 12.4 Å². The van der Waals surface area contributed by atoms with Crippen LogP contribution in [0.2, 0.25) is 0 Å². The summed E-state index contributed by atoms with van der Waals surface area (Å²) in [6.45, 7) is 4.77. The summed E-state index contributed by atoms with van der Waals surface area (Å²) in [6, 6.07) is 4.17. The van der Waals surface area contributed by atoms with Gasteiger partial charge in [0, 0.05) is 10.1 Å². The lowest BCUT2D eigenvalue weighted by atomic mass is 10.3. The Bertz CT molecular complexity index is 356. The van der Waals surface area contributed by atoms with Crippen molar-refractivity contribution in [3.63, 3.8) is 0 Å². The fraction of sp³-hybridized carbons (Fsp3) is 0.200. The Morgan fingerprint density at radius 2 is 1.80 bits per heavy atom. The van der Waals surface area contributed by atoms with E-state index in [1.807, 2.05) is 0 Å². The van der Waals surface area contributed by atoms with E-state index in [9.17, 15) is 0 Å². The maximum Gasteiger partial charge on any atom is 0.146 e. The number of hydrogen-bond acceptors (Lipinski definition) is 2. The molecular weight excluding hydrogens is 531 g/mol. The Kier molecular flexibility index (Phi) is 6.15. The quantitative estimate of drug-likeness (QED) is 0.469. The molecule has 0 heterocycles. The van der Waals surface area contributed by atoms with Crippen molar-refractivity contribution in [1.29, 1.82) is 0 Å². The summed E-state index contributed by atoms with van der Waals surface area (Å²) >= 11 is 6.84. The Morgan fingerprint density at radius 3 is 2.27 bits per heavy atom. The van der Waals surface area contributed by atoms with Gasteiger partial charge in [-0.1, -0.05) is 6.58 Å². The van der Waals surface area contributed by atoms with E-state index in [-0.39, 0.29) is 0 Å².